The van der Waals surface area contributed by atoms with Gasteiger partial charge in [0.05, 0.1) is 23.8 Å². The number of thioether (sulfide) groups is 1. The van der Waals surface area contributed by atoms with Crippen LogP contribution in [0.4, 0.5) is 0 Å². The average Bonchev–Trinajstić information content (AvgIpc) is 3.13. The molecule has 136 valence electrons. The normalized spacial score (nSPS) is 14.7. The van der Waals surface area contributed by atoms with Gasteiger partial charge in [0.1, 0.15) is 4.83 Å². The lowest BCUT2D eigenvalue weighted by molar-refractivity contribution is -0.127. The Labute approximate surface area is 155 Å². The largest absolute Gasteiger partial charge is 0.383 e. The van der Waals surface area contributed by atoms with Gasteiger partial charge in [-0.1, -0.05) is 11.8 Å². The summed E-state index contributed by atoms with van der Waals surface area (Å²) in [5, 5.41) is 1.06. The number of hydrogen-bond acceptors (Lipinski definition) is 6. The molecule has 0 unspecified atom stereocenters. The van der Waals surface area contributed by atoms with Crippen molar-refractivity contribution in [2.75, 3.05) is 27.8 Å². The summed E-state index contributed by atoms with van der Waals surface area (Å²) in [4.78, 5) is 33.7. The van der Waals surface area contributed by atoms with Crippen LogP contribution in [-0.2, 0) is 28.9 Å². The number of carbonyl (C=O) groups excluding carboxylic acids is 1. The number of nitrogens with zero attached hydrogens (tertiary/aromatic N) is 3. The highest BCUT2D eigenvalue weighted by Gasteiger charge is 2.25. The third-order valence-electron chi connectivity index (χ3n) is 4.38. The minimum atomic E-state index is -0.306. The number of aromatic nitrogens is 2. The van der Waals surface area contributed by atoms with Crippen LogP contribution < -0.4 is 5.56 Å². The number of aryl methyl sites for hydroxylation is 2. The van der Waals surface area contributed by atoms with Crippen molar-refractivity contribution in [2.24, 2.45) is 0 Å². The Balaban J connectivity index is 2.07. The van der Waals surface area contributed by atoms with Crippen molar-refractivity contribution in [1.82, 2.24) is 14.5 Å². The first-order valence-corrected chi connectivity index (χ1v) is 10.1. The van der Waals surface area contributed by atoms with Crippen molar-refractivity contribution in [3.8, 4) is 0 Å². The fourth-order valence-electron chi connectivity index (χ4n) is 3.10. The van der Waals surface area contributed by atoms with Crippen molar-refractivity contribution in [2.45, 2.75) is 43.1 Å². The first-order chi connectivity index (χ1) is 11.9. The Morgan fingerprint density at radius 3 is 2.88 bits per heavy atom. The van der Waals surface area contributed by atoms with Gasteiger partial charge in [-0.3, -0.25) is 14.2 Å². The zero-order valence-corrected chi connectivity index (χ0v) is 16.6. The van der Waals surface area contributed by atoms with Gasteiger partial charge in [-0.05, 0) is 31.7 Å². The van der Waals surface area contributed by atoms with Gasteiger partial charge in [-0.15, -0.1) is 11.3 Å². The van der Waals surface area contributed by atoms with E-state index >= 15 is 0 Å². The van der Waals surface area contributed by atoms with Crippen LogP contribution in [0.2, 0.25) is 0 Å². The van der Waals surface area contributed by atoms with E-state index in [9.17, 15) is 9.59 Å². The fourth-order valence-corrected chi connectivity index (χ4v) is 5.48. The Bertz CT molecular complexity index is 857. The molecule has 0 bridgehead atoms. The number of ether oxygens (including phenoxy) is 1. The Hall–Kier alpha value is -1.38. The molecule has 0 spiro atoms. The predicted octanol–water partition coefficient (Wildman–Crippen LogP) is 2.16. The molecule has 0 radical (unpaired) electrons. The van der Waals surface area contributed by atoms with Crippen molar-refractivity contribution >= 4 is 39.2 Å². The van der Waals surface area contributed by atoms with Gasteiger partial charge in [0, 0.05) is 26.1 Å². The van der Waals surface area contributed by atoms with E-state index in [1.165, 1.54) is 22.2 Å². The second-order valence-corrected chi connectivity index (χ2v) is 8.77. The minimum Gasteiger partial charge on any atom is -0.383 e. The molecule has 0 N–H and O–H groups in total. The molecule has 2 aromatic rings. The third kappa shape index (κ3) is 3.47. The summed E-state index contributed by atoms with van der Waals surface area (Å²) in [6.45, 7) is 2.72. The molecule has 1 atom stereocenters. The number of methoxy groups -OCH3 is 1. The number of hydrogen-bond donors (Lipinski definition) is 0. The molecule has 0 fully saturated rings. The lowest BCUT2D eigenvalue weighted by atomic mass is 10.2. The molecule has 3 rings (SSSR count). The van der Waals surface area contributed by atoms with E-state index in [0.717, 1.165) is 29.5 Å². The Morgan fingerprint density at radius 1 is 1.44 bits per heavy atom. The van der Waals surface area contributed by atoms with Crippen LogP contribution >= 0.6 is 23.1 Å². The molecule has 6 nitrogen and oxygen atoms in total. The SMILES string of the molecule is COCCn1c(S[C@H](C)C(=O)N(C)C)nc2sc3c(c2c1=O)CCC3. The van der Waals surface area contributed by atoms with Crippen LogP contribution in [0, 0.1) is 0 Å². The predicted molar refractivity (Wildman–Crippen MR) is 102 cm³/mol. The van der Waals surface area contributed by atoms with Crippen LogP contribution in [0.5, 0.6) is 0 Å². The monoisotopic (exact) mass is 381 g/mol. The van der Waals surface area contributed by atoms with E-state index < -0.39 is 0 Å². The Morgan fingerprint density at radius 2 is 2.20 bits per heavy atom. The summed E-state index contributed by atoms with van der Waals surface area (Å²) in [5.41, 5.74) is 1.17. The summed E-state index contributed by atoms with van der Waals surface area (Å²) in [6.07, 6.45) is 3.10. The van der Waals surface area contributed by atoms with Crippen molar-refractivity contribution in [3.05, 3.63) is 20.8 Å². The Kier molecular flexibility index (Phi) is 5.50. The smallest absolute Gasteiger partial charge is 0.263 e. The maximum Gasteiger partial charge on any atom is 0.263 e. The van der Waals surface area contributed by atoms with Gasteiger partial charge in [0.15, 0.2) is 5.16 Å². The van der Waals surface area contributed by atoms with E-state index in [2.05, 4.69) is 0 Å². The van der Waals surface area contributed by atoms with E-state index in [1.54, 1.807) is 42.0 Å². The summed E-state index contributed by atoms with van der Waals surface area (Å²) >= 11 is 2.96. The third-order valence-corrected chi connectivity index (χ3v) is 6.64. The maximum atomic E-state index is 13.1. The first kappa shape index (κ1) is 18.4. The van der Waals surface area contributed by atoms with Crippen LogP contribution in [0.25, 0.3) is 10.2 Å². The molecule has 2 heterocycles. The first-order valence-electron chi connectivity index (χ1n) is 8.36. The molecular formula is C17H23N3O3S2. The quantitative estimate of drug-likeness (QED) is 0.567. The van der Waals surface area contributed by atoms with Gasteiger partial charge in [-0.2, -0.15) is 0 Å². The highest BCUT2D eigenvalue weighted by atomic mass is 32.2. The summed E-state index contributed by atoms with van der Waals surface area (Å²) in [7, 11) is 5.08. The lowest BCUT2D eigenvalue weighted by Gasteiger charge is -2.18. The van der Waals surface area contributed by atoms with E-state index in [1.807, 2.05) is 6.92 Å². The van der Waals surface area contributed by atoms with Crippen LogP contribution in [-0.4, -0.2) is 53.4 Å². The molecule has 8 heteroatoms. The summed E-state index contributed by atoms with van der Waals surface area (Å²) in [5.74, 6) is 0.00584. The van der Waals surface area contributed by atoms with E-state index in [-0.39, 0.29) is 16.7 Å². The van der Waals surface area contributed by atoms with Crippen molar-refractivity contribution < 1.29 is 9.53 Å². The molecule has 1 aliphatic rings. The lowest BCUT2D eigenvalue weighted by Crippen LogP contribution is -2.31. The topological polar surface area (TPSA) is 64.4 Å². The van der Waals surface area contributed by atoms with Crippen molar-refractivity contribution in [1.29, 1.82) is 0 Å². The van der Waals surface area contributed by atoms with Gasteiger partial charge in [-0.25, -0.2) is 4.98 Å². The van der Waals surface area contributed by atoms with Gasteiger partial charge in [0.25, 0.3) is 5.56 Å². The van der Waals surface area contributed by atoms with Crippen molar-refractivity contribution in [3.63, 3.8) is 0 Å². The maximum absolute atomic E-state index is 13.1. The summed E-state index contributed by atoms with van der Waals surface area (Å²) in [6, 6.07) is 0. The fraction of sp³-hybridized carbons (Fsp3) is 0.588. The highest BCUT2D eigenvalue weighted by molar-refractivity contribution is 8.00. The summed E-state index contributed by atoms with van der Waals surface area (Å²) < 4.78 is 6.83. The standard InChI is InChI=1S/C17H23N3O3S2/c1-10(15(21)19(2)3)24-17-18-14-13(11-6-5-7-12(11)25-14)16(22)20(17)8-9-23-4/h10H,5-9H2,1-4H3/t10-/m1/s1. The molecule has 2 aromatic heterocycles. The molecule has 0 saturated carbocycles. The molecule has 0 aliphatic heterocycles. The highest BCUT2D eigenvalue weighted by Crippen LogP contribution is 2.36. The zero-order chi connectivity index (χ0) is 18.1. The number of carbonyl (C=O) groups is 1. The van der Waals surface area contributed by atoms with Crippen LogP contribution in [0.3, 0.4) is 0 Å². The molecule has 25 heavy (non-hydrogen) atoms. The second-order valence-electron chi connectivity index (χ2n) is 6.37. The number of thiophene rings is 1. The van der Waals surface area contributed by atoms with Gasteiger partial charge >= 0.3 is 0 Å². The number of rotatable bonds is 6. The molecule has 1 aliphatic carbocycles. The number of amides is 1. The molecule has 0 aromatic carbocycles. The number of fused-ring (bicyclic) bond motifs is 3. The molecule has 1 amide bonds. The van der Waals surface area contributed by atoms with Crippen LogP contribution in [0.15, 0.2) is 9.95 Å². The van der Waals surface area contributed by atoms with Crippen LogP contribution in [0.1, 0.15) is 23.8 Å². The molecular weight excluding hydrogens is 358 g/mol. The van der Waals surface area contributed by atoms with E-state index in [4.69, 9.17) is 9.72 Å². The zero-order valence-electron chi connectivity index (χ0n) is 15.0. The average molecular weight is 382 g/mol. The van der Waals surface area contributed by atoms with Gasteiger partial charge < -0.3 is 9.64 Å². The second kappa shape index (κ2) is 7.47. The minimum absolute atomic E-state index is 0.00584. The van der Waals surface area contributed by atoms with E-state index in [0.29, 0.717) is 18.3 Å². The van der Waals surface area contributed by atoms with Gasteiger partial charge in [0.2, 0.25) is 5.91 Å². The molecule has 0 saturated heterocycles.